The number of amidine groups is 1. The molecule has 0 heterocycles. The second-order valence-corrected chi connectivity index (χ2v) is 6.75. The van der Waals surface area contributed by atoms with Crippen LogP contribution in [-0.4, -0.2) is 34.0 Å². The Morgan fingerprint density at radius 3 is 2.78 bits per heavy atom. The van der Waals surface area contributed by atoms with Crippen molar-refractivity contribution in [1.29, 1.82) is 0 Å². The molecular formula is C12H23N3O2S. The fourth-order valence-corrected chi connectivity index (χ4v) is 3.21. The van der Waals surface area contributed by atoms with Crippen molar-refractivity contribution in [1.82, 2.24) is 5.32 Å². The van der Waals surface area contributed by atoms with Crippen LogP contribution >= 0.6 is 11.8 Å². The second kappa shape index (κ2) is 6.31. The zero-order valence-corrected chi connectivity index (χ0v) is 12.1. The zero-order valence-electron chi connectivity index (χ0n) is 11.3. The van der Waals surface area contributed by atoms with Crippen molar-refractivity contribution in [2.75, 3.05) is 5.75 Å². The summed E-state index contributed by atoms with van der Waals surface area (Å²) in [7, 11) is 0. The van der Waals surface area contributed by atoms with Crippen LogP contribution in [0.4, 0.5) is 0 Å². The lowest BCUT2D eigenvalue weighted by Gasteiger charge is -2.24. The number of hydrogen-bond acceptors (Lipinski definition) is 4. The number of thioether (sulfide) groups is 1. The van der Waals surface area contributed by atoms with Crippen LogP contribution in [0.3, 0.4) is 0 Å². The molecule has 0 bridgehead atoms. The molecule has 6 heteroatoms. The molecule has 104 valence electrons. The lowest BCUT2D eigenvalue weighted by atomic mass is 9.90. The summed E-state index contributed by atoms with van der Waals surface area (Å²) < 4.78 is 0. The summed E-state index contributed by atoms with van der Waals surface area (Å²) in [5.41, 5.74) is 4.57. The van der Waals surface area contributed by atoms with Crippen molar-refractivity contribution in [3.05, 3.63) is 0 Å². The lowest BCUT2D eigenvalue weighted by molar-refractivity contribution is -0.127. The first-order valence-corrected chi connectivity index (χ1v) is 7.37. The lowest BCUT2D eigenvalue weighted by Crippen LogP contribution is -2.48. The third kappa shape index (κ3) is 3.54. The summed E-state index contributed by atoms with van der Waals surface area (Å²) in [4.78, 5) is 12.1. The Kier molecular flexibility index (Phi) is 5.31. The monoisotopic (exact) mass is 273 g/mol. The van der Waals surface area contributed by atoms with Gasteiger partial charge in [-0.3, -0.25) is 4.79 Å². The van der Waals surface area contributed by atoms with E-state index in [4.69, 9.17) is 10.9 Å². The summed E-state index contributed by atoms with van der Waals surface area (Å²) in [6.45, 7) is 5.47. The van der Waals surface area contributed by atoms with Gasteiger partial charge in [-0.25, -0.2) is 0 Å². The summed E-state index contributed by atoms with van der Waals surface area (Å²) in [5.74, 6) is 0.878. The van der Waals surface area contributed by atoms with Crippen molar-refractivity contribution in [2.45, 2.75) is 51.3 Å². The predicted molar refractivity (Wildman–Crippen MR) is 74.9 cm³/mol. The summed E-state index contributed by atoms with van der Waals surface area (Å²) in [6.07, 6.45) is 3.17. The molecule has 0 aromatic rings. The SMILES string of the molecule is CCSC1CCC(NC(=O)C(C)(C)C(N)=NO)C1. The van der Waals surface area contributed by atoms with Gasteiger partial charge in [0.1, 0.15) is 5.41 Å². The molecule has 0 spiro atoms. The van der Waals surface area contributed by atoms with Gasteiger partial charge >= 0.3 is 0 Å². The van der Waals surface area contributed by atoms with E-state index in [1.807, 2.05) is 11.8 Å². The molecule has 2 unspecified atom stereocenters. The van der Waals surface area contributed by atoms with Gasteiger partial charge in [-0.15, -0.1) is 0 Å². The van der Waals surface area contributed by atoms with Gasteiger partial charge in [0, 0.05) is 11.3 Å². The van der Waals surface area contributed by atoms with Crippen molar-refractivity contribution in [3.63, 3.8) is 0 Å². The number of nitrogens with one attached hydrogen (secondary N) is 1. The molecular weight excluding hydrogens is 250 g/mol. The molecule has 1 fully saturated rings. The normalized spacial score (nSPS) is 25.2. The van der Waals surface area contributed by atoms with Crippen LogP contribution in [0.2, 0.25) is 0 Å². The topological polar surface area (TPSA) is 87.7 Å². The molecule has 4 N–H and O–H groups in total. The van der Waals surface area contributed by atoms with Gasteiger partial charge < -0.3 is 16.3 Å². The number of carbonyl (C=O) groups excluding carboxylic acids is 1. The Labute approximate surface area is 113 Å². The Bertz CT molecular complexity index is 331. The van der Waals surface area contributed by atoms with Crippen LogP contribution in [0.15, 0.2) is 5.16 Å². The molecule has 1 rings (SSSR count). The molecule has 0 aromatic carbocycles. The molecule has 1 aliphatic carbocycles. The number of nitrogens with zero attached hydrogens (tertiary/aromatic N) is 1. The average Bonchev–Trinajstić information content (AvgIpc) is 2.75. The van der Waals surface area contributed by atoms with E-state index in [0.717, 1.165) is 25.0 Å². The van der Waals surface area contributed by atoms with Gasteiger partial charge in [0.15, 0.2) is 5.84 Å². The molecule has 1 amide bonds. The Morgan fingerprint density at radius 2 is 2.22 bits per heavy atom. The molecule has 0 saturated heterocycles. The average molecular weight is 273 g/mol. The quantitative estimate of drug-likeness (QED) is 0.307. The highest BCUT2D eigenvalue weighted by Gasteiger charge is 2.35. The van der Waals surface area contributed by atoms with Gasteiger partial charge in [-0.2, -0.15) is 11.8 Å². The largest absolute Gasteiger partial charge is 0.409 e. The fraction of sp³-hybridized carbons (Fsp3) is 0.833. The first-order valence-electron chi connectivity index (χ1n) is 6.32. The highest BCUT2D eigenvalue weighted by molar-refractivity contribution is 7.99. The Morgan fingerprint density at radius 1 is 1.56 bits per heavy atom. The van der Waals surface area contributed by atoms with E-state index in [1.165, 1.54) is 0 Å². The van der Waals surface area contributed by atoms with Crippen molar-refractivity contribution >= 4 is 23.5 Å². The van der Waals surface area contributed by atoms with Gasteiger partial charge in [0.05, 0.1) is 0 Å². The van der Waals surface area contributed by atoms with E-state index in [1.54, 1.807) is 13.8 Å². The minimum Gasteiger partial charge on any atom is -0.409 e. The molecule has 1 aliphatic rings. The zero-order chi connectivity index (χ0) is 13.8. The van der Waals surface area contributed by atoms with Crippen LogP contribution in [0.5, 0.6) is 0 Å². The number of rotatable bonds is 5. The predicted octanol–water partition coefficient (Wildman–Crippen LogP) is 1.55. The van der Waals surface area contributed by atoms with Crippen LogP contribution in [0.25, 0.3) is 0 Å². The number of hydrogen-bond donors (Lipinski definition) is 3. The minimum atomic E-state index is -0.968. The third-order valence-corrected chi connectivity index (χ3v) is 4.67. The molecule has 0 aromatic heterocycles. The number of oxime groups is 1. The molecule has 0 radical (unpaired) electrons. The smallest absolute Gasteiger partial charge is 0.233 e. The first kappa shape index (κ1) is 15.1. The maximum atomic E-state index is 12.1. The molecule has 0 aliphatic heterocycles. The van der Waals surface area contributed by atoms with Crippen molar-refractivity contribution in [2.24, 2.45) is 16.3 Å². The number of amides is 1. The van der Waals surface area contributed by atoms with Gasteiger partial charge in [-0.1, -0.05) is 12.1 Å². The van der Waals surface area contributed by atoms with E-state index in [-0.39, 0.29) is 17.8 Å². The van der Waals surface area contributed by atoms with E-state index in [0.29, 0.717) is 5.25 Å². The van der Waals surface area contributed by atoms with Gasteiger partial charge in [0.2, 0.25) is 5.91 Å². The molecule has 1 saturated carbocycles. The second-order valence-electron chi connectivity index (χ2n) is 5.17. The van der Waals surface area contributed by atoms with Crippen LogP contribution in [0.1, 0.15) is 40.0 Å². The minimum absolute atomic E-state index is 0.0579. The first-order chi connectivity index (χ1) is 8.41. The highest BCUT2D eigenvalue weighted by Crippen LogP contribution is 2.30. The maximum Gasteiger partial charge on any atom is 0.233 e. The van der Waals surface area contributed by atoms with Crippen LogP contribution < -0.4 is 11.1 Å². The van der Waals surface area contributed by atoms with Crippen molar-refractivity contribution < 1.29 is 10.0 Å². The maximum absolute atomic E-state index is 12.1. The standard InChI is InChI=1S/C12H23N3O2S/c1-4-18-9-6-5-8(7-9)14-11(16)12(2,3)10(13)15-17/h8-9,17H,4-7H2,1-3H3,(H2,13,15)(H,14,16). The third-order valence-electron chi connectivity index (χ3n) is 3.44. The van der Waals surface area contributed by atoms with E-state index >= 15 is 0 Å². The van der Waals surface area contributed by atoms with E-state index in [2.05, 4.69) is 17.4 Å². The van der Waals surface area contributed by atoms with Crippen LogP contribution in [0, 0.1) is 5.41 Å². The van der Waals surface area contributed by atoms with Crippen molar-refractivity contribution in [3.8, 4) is 0 Å². The van der Waals surface area contributed by atoms with E-state index in [9.17, 15) is 4.79 Å². The Hall–Kier alpha value is -0.910. The Balaban J connectivity index is 2.51. The summed E-state index contributed by atoms with van der Waals surface area (Å²) in [6, 6.07) is 0.215. The molecule has 5 nitrogen and oxygen atoms in total. The fourth-order valence-electron chi connectivity index (χ4n) is 2.07. The van der Waals surface area contributed by atoms with Gasteiger partial charge in [0.25, 0.3) is 0 Å². The summed E-state index contributed by atoms with van der Waals surface area (Å²) in [5, 5.41) is 15.2. The number of nitrogens with two attached hydrogens (primary N) is 1. The van der Waals surface area contributed by atoms with Gasteiger partial charge in [-0.05, 0) is 38.9 Å². The summed E-state index contributed by atoms with van der Waals surface area (Å²) >= 11 is 1.95. The molecule has 18 heavy (non-hydrogen) atoms. The van der Waals surface area contributed by atoms with E-state index < -0.39 is 5.41 Å². The van der Waals surface area contributed by atoms with Crippen LogP contribution in [-0.2, 0) is 4.79 Å². The highest BCUT2D eigenvalue weighted by atomic mass is 32.2. The number of carbonyl (C=O) groups is 1. The molecule has 2 atom stereocenters.